The molecule has 0 bridgehead atoms. The molecule has 2 N–H and O–H groups in total. The van der Waals surface area contributed by atoms with Gasteiger partial charge in [0.05, 0.1) is 23.3 Å². The summed E-state index contributed by atoms with van der Waals surface area (Å²) in [6.45, 7) is -0.244. The van der Waals surface area contributed by atoms with Crippen molar-refractivity contribution in [2.45, 2.75) is 44.2 Å². The Kier molecular flexibility index (Phi) is 8.04. The maximum atomic E-state index is 13.6. The van der Waals surface area contributed by atoms with E-state index in [-0.39, 0.29) is 24.4 Å². The van der Waals surface area contributed by atoms with Gasteiger partial charge in [-0.3, -0.25) is 24.3 Å². The zero-order chi connectivity index (χ0) is 23.8. The second-order valence-corrected chi connectivity index (χ2v) is 9.24. The third-order valence-corrected chi connectivity index (χ3v) is 6.78. The fourth-order valence-electron chi connectivity index (χ4n) is 4.25. The van der Waals surface area contributed by atoms with Crippen LogP contribution in [0.1, 0.15) is 53.4 Å². The van der Waals surface area contributed by atoms with Crippen molar-refractivity contribution in [3.8, 4) is 0 Å². The number of aromatic nitrogens is 1. The SMILES string of the molecule is O=C(NCC(=O)N(c1cccnc1)[C@H](C(=O)NC1CCCCC1)c1ccccc1)c1cccs1. The van der Waals surface area contributed by atoms with Gasteiger partial charge in [-0.1, -0.05) is 55.7 Å². The van der Waals surface area contributed by atoms with E-state index >= 15 is 0 Å². The van der Waals surface area contributed by atoms with Crippen LogP contribution in [-0.2, 0) is 9.59 Å². The summed E-state index contributed by atoms with van der Waals surface area (Å²) in [5.41, 5.74) is 1.18. The number of nitrogens with one attached hydrogen (secondary N) is 2. The molecule has 3 amide bonds. The molecule has 1 saturated carbocycles. The van der Waals surface area contributed by atoms with Crippen molar-refractivity contribution < 1.29 is 14.4 Å². The van der Waals surface area contributed by atoms with Crippen molar-refractivity contribution in [3.05, 3.63) is 82.8 Å². The lowest BCUT2D eigenvalue weighted by Gasteiger charge is -2.33. The lowest BCUT2D eigenvalue weighted by atomic mass is 9.94. The van der Waals surface area contributed by atoms with Crippen molar-refractivity contribution in [2.75, 3.05) is 11.4 Å². The van der Waals surface area contributed by atoms with E-state index in [4.69, 9.17) is 0 Å². The highest BCUT2D eigenvalue weighted by molar-refractivity contribution is 7.12. The van der Waals surface area contributed by atoms with Gasteiger partial charge in [0.1, 0.15) is 6.04 Å². The molecular formula is C26H28N4O3S. The van der Waals surface area contributed by atoms with Crippen LogP contribution in [0.4, 0.5) is 5.69 Å². The number of carbonyl (C=O) groups is 3. The van der Waals surface area contributed by atoms with Crippen LogP contribution in [0.2, 0.25) is 0 Å². The lowest BCUT2D eigenvalue weighted by molar-refractivity contribution is -0.127. The molecule has 1 fully saturated rings. The van der Waals surface area contributed by atoms with Gasteiger partial charge in [0.2, 0.25) is 11.8 Å². The largest absolute Gasteiger partial charge is 0.351 e. The average Bonchev–Trinajstić information content (AvgIpc) is 3.42. The fraction of sp³-hybridized carbons (Fsp3) is 0.308. The molecule has 3 aromatic rings. The summed E-state index contributed by atoms with van der Waals surface area (Å²) in [4.78, 5) is 45.8. The molecule has 2 heterocycles. The van der Waals surface area contributed by atoms with E-state index < -0.39 is 11.9 Å². The molecule has 0 unspecified atom stereocenters. The Morgan fingerprint density at radius 2 is 1.79 bits per heavy atom. The van der Waals surface area contributed by atoms with Crippen LogP contribution in [0.25, 0.3) is 0 Å². The van der Waals surface area contributed by atoms with Gasteiger partial charge in [0, 0.05) is 12.2 Å². The highest BCUT2D eigenvalue weighted by Gasteiger charge is 2.34. The first-order valence-corrected chi connectivity index (χ1v) is 12.4. The van der Waals surface area contributed by atoms with E-state index in [0.29, 0.717) is 16.1 Å². The van der Waals surface area contributed by atoms with E-state index in [1.165, 1.54) is 22.7 Å². The standard InChI is InChI=1S/C26H28N4O3S/c31-23(18-28-25(32)22-14-8-16-34-22)30(21-13-7-15-27-17-21)24(19-9-3-1-4-10-19)26(33)29-20-11-5-2-6-12-20/h1,3-4,7-10,13-17,20,24H,2,5-6,11-12,18H2,(H,28,32)(H,29,33)/t24-/m0/s1. The van der Waals surface area contributed by atoms with Gasteiger partial charge >= 0.3 is 0 Å². The second kappa shape index (κ2) is 11.6. The molecule has 1 aliphatic carbocycles. The van der Waals surface area contributed by atoms with Crippen molar-refractivity contribution in [3.63, 3.8) is 0 Å². The summed E-state index contributed by atoms with van der Waals surface area (Å²) in [5, 5.41) is 7.67. The van der Waals surface area contributed by atoms with Crippen LogP contribution in [-0.4, -0.2) is 35.3 Å². The van der Waals surface area contributed by atoms with Gasteiger partial charge in [-0.2, -0.15) is 0 Å². The first-order valence-electron chi connectivity index (χ1n) is 11.5. The van der Waals surface area contributed by atoms with E-state index in [9.17, 15) is 14.4 Å². The first kappa shape index (κ1) is 23.6. The van der Waals surface area contributed by atoms with Gasteiger partial charge in [0.25, 0.3) is 5.91 Å². The van der Waals surface area contributed by atoms with Crippen LogP contribution < -0.4 is 15.5 Å². The Labute approximate surface area is 203 Å². The molecule has 8 heteroatoms. The van der Waals surface area contributed by atoms with Crippen LogP contribution in [0.15, 0.2) is 72.4 Å². The molecule has 0 aliphatic heterocycles. The molecule has 1 atom stereocenters. The van der Waals surface area contributed by atoms with Crippen LogP contribution in [0.3, 0.4) is 0 Å². The summed E-state index contributed by atoms with van der Waals surface area (Å²) in [6, 6.07) is 15.4. The maximum absolute atomic E-state index is 13.6. The first-order chi connectivity index (χ1) is 16.6. The topological polar surface area (TPSA) is 91.4 Å². The predicted molar refractivity (Wildman–Crippen MR) is 133 cm³/mol. The molecule has 0 spiro atoms. The Bertz CT molecular complexity index is 1080. The number of benzene rings is 1. The number of anilines is 1. The predicted octanol–water partition coefficient (Wildman–Crippen LogP) is 4.10. The normalized spacial score (nSPS) is 14.7. The van der Waals surface area contributed by atoms with Crippen molar-refractivity contribution in [1.82, 2.24) is 15.6 Å². The number of hydrogen-bond acceptors (Lipinski definition) is 5. The monoisotopic (exact) mass is 476 g/mol. The van der Waals surface area contributed by atoms with E-state index in [0.717, 1.165) is 25.7 Å². The zero-order valence-corrected chi connectivity index (χ0v) is 19.7. The van der Waals surface area contributed by atoms with Gasteiger partial charge < -0.3 is 10.6 Å². The number of thiophene rings is 1. The summed E-state index contributed by atoms with van der Waals surface area (Å²) in [6.07, 6.45) is 8.39. The van der Waals surface area contributed by atoms with Crippen LogP contribution in [0.5, 0.6) is 0 Å². The number of amides is 3. The Hall–Kier alpha value is -3.52. The number of pyridine rings is 1. The smallest absolute Gasteiger partial charge is 0.261 e. The van der Waals surface area contributed by atoms with E-state index in [1.807, 2.05) is 30.3 Å². The lowest BCUT2D eigenvalue weighted by Crippen LogP contribution is -2.49. The van der Waals surface area contributed by atoms with Crippen molar-refractivity contribution >= 4 is 34.7 Å². The van der Waals surface area contributed by atoms with Crippen LogP contribution in [0, 0.1) is 0 Å². The second-order valence-electron chi connectivity index (χ2n) is 8.29. The average molecular weight is 477 g/mol. The number of rotatable bonds is 8. The molecule has 7 nitrogen and oxygen atoms in total. The molecule has 0 saturated heterocycles. The number of hydrogen-bond donors (Lipinski definition) is 2. The Balaban J connectivity index is 1.63. The fourth-order valence-corrected chi connectivity index (χ4v) is 4.89. The maximum Gasteiger partial charge on any atom is 0.261 e. The van der Waals surface area contributed by atoms with E-state index in [1.54, 1.807) is 42.0 Å². The molecule has 0 radical (unpaired) electrons. The van der Waals surface area contributed by atoms with Crippen molar-refractivity contribution in [2.24, 2.45) is 0 Å². The van der Waals surface area contributed by atoms with Gasteiger partial charge in [-0.15, -0.1) is 11.3 Å². The Morgan fingerprint density at radius 1 is 1.00 bits per heavy atom. The molecular weight excluding hydrogens is 448 g/mol. The minimum absolute atomic E-state index is 0.0943. The van der Waals surface area contributed by atoms with Crippen molar-refractivity contribution in [1.29, 1.82) is 0 Å². The highest BCUT2D eigenvalue weighted by Crippen LogP contribution is 2.28. The molecule has 34 heavy (non-hydrogen) atoms. The van der Waals surface area contributed by atoms with Gasteiger partial charge in [-0.05, 0) is 42.0 Å². The molecule has 1 aliphatic rings. The molecule has 2 aromatic heterocycles. The number of carbonyl (C=O) groups excluding carboxylic acids is 3. The third kappa shape index (κ3) is 5.88. The minimum Gasteiger partial charge on any atom is -0.351 e. The molecule has 4 rings (SSSR count). The summed E-state index contributed by atoms with van der Waals surface area (Å²) in [7, 11) is 0. The summed E-state index contributed by atoms with van der Waals surface area (Å²) in [5.74, 6) is -0.956. The summed E-state index contributed by atoms with van der Waals surface area (Å²) < 4.78 is 0. The summed E-state index contributed by atoms with van der Waals surface area (Å²) >= 11 is 1.30. The molecule has 1 aromatic carbocycles. The minimum atomic E-state index is -0.890. The van der Waals surface area contributed by atoms with Crippen LogP contribution >= 0.6 is 11.3 Å². The van der Waals surface area contributed by atoms with E-state index in [2.05, 4.69) is 15.6 Å². The quantitative estimate of drug-likeness (QED) is 0.512. The van der Waals surface area contributed by atoms with Gasteiger partial charge in [-0.25, -0.2) is 0 Å². The number of nitrogens with zero attached hydrogens (tertiary/aromatic N) is 2. The van der Waals surface area contributed by atoms with Gasteiger partial charge in [0.15, 0.2) is 0 Å². The highest BCUT2D eigenvalue weighted by atomic mass is 32.1. The molecule has 176 valence electrons. The Morgan fingerprint density at radius 3 is 2.47 bits per heavy atom. The third-order valence-electron chi connectivity index (χ3n) is 5.91. The zero-order valence-electron chi connectivity index (χ0n) is 18.9.